The highest BCUT2D eigenvalue weighted by atomic mass is 14.1. The Balaban J connectivity index is 2.35. The average molecular weight is 217 g/mol. The van der Waals surface area contributed by atoms with E-state index in [0.717, 1.165) is 5.56 Å². The molecule has 3 rings (SSSR count). The van der Waals surface area contributed by atoms with Gasteiger partial charge in [0.15, 0.2) is 0 Å². The zero-order chi connectivity index (χ0) is 11.7. The van der Waals surface area contributed by atoms with Crippen LogP contribution in [-0.4, -0.2) is 0 Å². The third kappa shape index (κ3) is 1.72. The van der Waals surface area contributed by atoms with Gasteiger partial charge in [-0.2, -0.15) is 0 Å². The molecule has 0 atom stereocenters. The zero-order valence-corrected chi connectivity index (χ0v) is 9.56. The Kier molecular flexibility index (Phi) is 2.41. The minimum absolute atomic E-state index is 1.07. The topological polar surface area (TPSA) is 0 Å². The molecule has 81 valence electrons. The van der Waals surface area contributed by atoms with E-state index in [1.807, 2.05) is 6.07 Å². The maximum absolute atomic E-state index is 4.10. The molecule has 0 spiro atoms. The standard InChI is InChI=1S/C17H13/c1-13-7-2-4-10-15(13)17-12-6-9-14-8-3-5-11-16(14)17/h2-12H,1H2. The first-order chi connectivity index (χ1) is 8.36. The van der Waals surface area contributed by atoms with E-state index in [4.69, 9.17) is 0 Å². The molecule has 17 heavy (non-hydrogen) atoms. The molecule has 0 saturated heterocycles. The first kappa shape index (κ1) is 10.1. The van der Waals surface area contributed by atoms with Crippen LogP contribution in [-0.2, 0) is 0 Å². The lowest BCUT2D eigenvalue weighted by molar-refractivity contribution is 1.58. The Morgan fingerprint density at radius 3 is 2.12 bits per heavy atom. The van der Waals surface area contributed by atoms with Crippen LogP contribution in [0.2, 0.25) is 0 Å². The van der Waals surface area contributed by atoms with Crippen molar-refractivity contribution in [3.05, 3.63) is 79.2 Å². The van der Waals surface area contributed by atoms with Gasteiger partial charge < -0.3 is 0 Å². The maximum atomic E-state index is 4.10. The monoisotopic (exact) mass is 217 g/mol. The molecule has 0 N–H and O–H groups in total. The number of benzene rings is 3. The molecular weight excluding hydrogens is 204 g/mol. The molecule has 0 aliphatic heterocycles. The van der Waals surface area contributed by atoms with E-state index in [2.05, 4.69) is 67.6 Å². The van der Waals surface area contributed by atoms with Crippen molar-refractivity contribution in [1.29, 1.82) is 0 Å². The van der Waals surface area contributed by atoms with Gasteiger partial charge in [0.2, 0.25) is 0 Å². The highest BCUT2D eigenvalue weighted by Gasteiger charge is 2.04. The summed E-state index contributed by atoms with van der Waals surface area (Å²) in [5.41, 5.74) is 3.54. The van der Waals surface area contributed by atoms with Crippen molar-refractivity contribution >= 4 is 10.8 Å². The fourth-order valence-electron chi connectivity index (χ4n) is 2.24. The molecule has 0 aliphatic carbocycles. The molecule has 0 saturated carbocycles. The van der Waals surface area contributed by atoms with Gasteiger partial charge in [0.1, 0.15) is 0 Å². The summed E-state index contributed by atoms with van der Waals surface area (Å²) in [7, 11) is 0. The fourth-order valence-corrected chi connectivity index (χ4v) is 2.24. The highest BCUT2D eigenvalue weighted by Crippen LogP contribution is 2.30. The normalized spacial score (nSPS) is 10.6. The third-order valence-electron chi connectivity index (χ3n) is 3.10. The summed E-state index contributed by atoms with van der Waals surface area (Å²) in [5, 5.41) is 2.55. The summed E-state index contributed by atoms with van der Waals surface area (Å²) in [6.07, 6.45) is 0. The second kappa shape index (κ2) is 4.06. The number of fused-ring (bicyclic) bond motifs is 1. The van der Waals surface area contributed by atoms with Gasteiger partial charge in [-0.3, -0.25) is 0 Å². The predicted octanol–water partition coefficient (Wildman–Crippen LogP) is 4.69. The number of hydrogen-bond acceptors (Lipinski definition) is 0. The Morgan fingerprint density at radius 1 is 0.588 bits per heavy atom. The van der Waals surface area contributed by atoms with Crippen LogP contribution in [0, 0.1) is 6.92 Å². The minimum atomic E-state index is 1.07. The summed E-state index contributed by atoms with van der Waals surface area (Å²) < 4.78 is 0. The van der Waals surface area contributed by atoms with Crippen LogP contribution in [0.25, 0.3) is 21.9 Å². The van der Waals surface area contributed by atoms with Gasteiger partial charge in [-0.15, -0.1) is 0 Å². The summed E-state index contributed by atoms with van der Waals surface area (Å²) >= 11 is 0. The average Bonchev–Trinajstić information content (AvgIpc) is 2.39. The van der Waals surface area contributed by atoms with Crippen LogP contribution in [0.3, 0.4) is 0 Å². The molecule has 0 aromatic heterocycles. The molecule has 0 bridgehead atoms. The molecule has 0 heteroatoms. The van der Waals surface area contributed by atoms with E-state index < -0.39 is 0 Å². The summed E-state index contributed by atoms with van der Waals surface area (Å²) in [6, 6.07) is 23.1. The molecule has 0 aliphatic rings. The Bertz CT molecular complexity index is 660. The third-order valence-corrected chi connectivity index (χ3v) is 3.10. The summed E-state index contributed by atoms with van der Waals surface area (Å²) in [4.78, 5) is 0. The van der Waals surface area contributed by atoms with Crippen LogP contribution in [0.4, 0.5) is 0 Å². The van der Waals surface area contributed by atoms with Gasteiger partial charge in [0.25, 0.3) is 0 Å². The van der Waals surface area contributed by atoms with E-state index >= 15 is 0 Å². The van der Waals surface area contributed by atoms with Gasteiger partial charge in [0.05, 0.1) is 0 Å². The molecule has 1 radical (unpaired) electrons. The first-order valence-corrected chi connectivity index (χ1v) is 5.75. The van der Waals surface area contributed by atoms with Crippen molar-refractivity contribution in [2.24, 2.45) is 0 Å². The number of rotatable bonds is 1. The second-order valence-corrected chi connectivity index (χ2v) is 4.18. The molecule has 3 aromatic rings. The molecule has 0 fully saturated rings. The fraction of sp³-hybridized carbons (Fsp3) is 0. The molecule has 0 heterocycles. The lowest BCUT2D eigenvalue weighted by Gasteiger charge is -2.09. The smallest absolute Gasteiger partial charge is 0.0103 e. The molecule has 0 unspecified atom stereocenters. The van der Waals surface area contributed by atoms with Gasteiger partial charge in [0, 0.05) is 0 Å². The summed E-state index contributed by atoms with van der Waals surface area (Å²) in [5.74, 6) is 0. The summed E-state index contributed by atoms with van der Waals surface area (Å²) in [6.45, 7) is 4.10. The van der Waals surface area contributed by atoms with Crippen LogP contribution in [0.1, 0.15) is 5.56 Å². The SMILES string of the molecule is [CH2]c1ccccc1-c1cccc2ccccc12. The van der Waals surface area contributed by atoms with E-state index in [9.17, 15) is 0 Å². The van der Waals surface area contributed by atoms with E-state index in [0.29, 0.717) is 0 Å². The van der Waals surface area contributed by atoms with E-state index in [-0.39, 0.29) is 0 Å². The maximum Gasteiger partial charge on any atom is -0.0103 e. The van der Waals surface area contributed by atoms with Gasteiger partial charge in [-0.05, 0) is 34.4 Å². The lowest BCUT2D eigenvalue weighted by Crippen LogP contribution is -1.84. The number of hydrogen-bond donors (Lipinski definition) is 0. The molecule has 0 amide bonds. The van der Waals surface area contributed by atoms with E-state index in [1.54, 1.807) is 0 Å². The molecular formula is C17H13. The molecule has 0 nitrogen and oxygen atoms in total. The van der Waals surface area contributed by atoms with Crippen molar-refractivity contribution < 1.29 is 0 Å². The Morgan fingerprint density at radius 2 is 1.24 bits per heavy atom. The first-order valence-electron chi connectivity index (χ1n) is 5.75. The minimum Gasteiger partial charge on any atom is -0.0620 e. The Labute approximate surface area is 102 Å². The highest BCUT2D eigenvalue weighted by molar-refractivity contribution is 5.97. The predicted molar refractivity (Wildman–Crippen MR) is 73.8 cm³/mol. The van der Waals surface area contributed by atoms with Crippen LogP contribution in [0.15, 0.2) is 66.7 Å². The van der Waals surface area contributed by atoms with Crippen molar-refractivity contribution in [2.75, 3.05) is 0 Å². The quantitative estimate of drug-likeness (QED) is 0.554. The van der Waals surface area contributed by atoms with Crippen LogP contribution in [0.5, 0.6) is 0 Å². The zero-order valence-electron chi connectivity index (χ0n) is 9.56. The van der Waals surface area contributed by atoms with Gasteiger partial charge in [-0.25, -0.2) is 0 Å². The molecule has 3 aromatic carbocycles. The van der Waals surface area contributed by atoms with Gasteiger partial charge >= 0.3 is 0 Å². The lowest BCUT2D eigenvalue weighted by atomic mass is 9.95. The van der Waals surface area contributed by atoms with Crippen molar-refractivity contribution in [2.45, 2.75) is 0 Å². The van der Waals surface area contributed by atoms with Crippen molar-refractivity contribution in [3.63, 3.8) is 0 Å². The van der Waals surface area contributed by atoms with Crippen LogP contribution < -0.4 is 0 Å². The van der Waals surface area contributed by atoms with Crippen LogP contribution >= 0.6 is 0 Å². The Hall–Kier alpha value is -2.08. The second-order valence-electron chi connectivity index (χ2n) is 4.18. The largest absolute Gasteiger partial charge is 0.0620 e. The van der Waals surface area contributed by atoms with Crippen molar-refractivity contribution in [1.82, 2.24) is 0 Å². The van der Waals surface area contributed by atoms with Crippen molar-refractivity contribution in [3.8, 4) is 11.1 Å². The van der Waals surface area contributed by atoms with E-state index in [1.165, 1.54) is 21.9 Å². The van der Waals surface area contributed by atoms with Gasteiger partial charge in [-0.1, -0.05) is 66.7 Å².